The van der Waals surface area contributed by atoms with Crippen LogP contribution in [0.3, 0.4) is 0 Å². The molecule has 0 fully saturated rings. The topological polar surface area (TPSA) is 66.0 Å². The van der Waals surface area contributed by atoms with Crippen molar-refractivity contribution in [1.82, 2.24) is 15.5 Å². The maximum Gasteiger partial charge on any atom is 0.269 e. The predicted octanol–water partition coefficient (Wildman–Crippen LogP) is 7.07. The van der Waals surface area contributed by atoms with E-state index in [4.69, 9.17) is 4.74 Å². The van der Waals surface area contributed by atoms with E-state index in [1.54, 1.807) is 13.3 Å². The second-order valence-electron chi connectivity index (χ2n) is 11.0. The zero-order valence-corrected chi connectivity index (χ0v) is 26.5. The van der Waals surface area contributed by atoms with E-state index in [1.807, 2.05) is 6.08 Å². The van der Waals surface area contributed by atoms with E-state index < -0.39 is 0 Å². The lowest BCUT2D eigenvalue weighted by Crippen LogP contribution is -2.46. The van der Waals surface area contributed by atoms with Crippen LogP contribution in [0.1, 0.15) is 103 Å². The van der Waals surface area contributed by atoms with Crippen LogP contribution in [0.25, 0.3) is 0 Å². The van der Waals surface area contributed by atoms with E-state index in [0.29, 0.717) is 24.3 Å². The van der Waals surface area contributed by atoms with Gasteiger partial charge in [0.25, 0.3) is 5.91 Å². The average Bonchev–Trinajstić information content (AvgIpc) is 2.90. The molecule has 4 unspecified atom stereocenters. The maximum atomic E-state index is 12.7. The molecule has 1 aliphatic rings. The van der Waals surface area contributed by atoms with Crippen LogP contribution in [-0.4, -0.2) is 54.8 Å². The first kappa shape index (κ1) is 34.4. The van der Waals surface area contributed by atoms with Gasteiger partial charge in [0, 0.05) is 37.3 Å². The molecule has 2 rings (SSSR count). The molecule has 6 nitrogen and oxygen atoms in total. The second-order valence-corrected chi connectivity index (χ2v) is 11.0. The number of hydrogen-bond acceptors (Lipinski definition) is 5. The van der Waals surface area contributed by atoms with Crippen LogP contribution in [0.2, 0.25) is 0 Å². The maximum absolute atomic E-state index is 12.7. The lowest BCUT2D eigenvalue weighted by atomic mass is 9.93. The number of carbonyl (C=O) groups excluding carboxylic acids is 1. The standard InChI is InChI=1S/C27H43N3O2.C6H13N/c1-10-19(4)30(23(8)24-11-12-26(32-9)22(7)21(24)6)20(5)16-18(3)29-27(31)25-15-17(2)13-14-28-25;1-3-5-6-7-4-2/h11-12,15,18-20,23H,10,13-14,16H2,1-9H3,(H,29,31);4,7H,2-3,5-6H2,1H3. The first-order valence-corrected chi connectivity index (χ1v) is 14.8. The fraction of sp³-hybridized carbons (Fsp3) is 0.636. The van der Waals surface area contributed by atoms with Gasteiger partial charge in [-0.2, -0.15) is 0 Å². The van der Waals surface area contributed by atoms with Crippen LogP contribution >= 0.6 is 0 Å². The number of aliphatic imine (C=N–C) groups is 1. The summed E-state index contributed by atoms with van der Waals surface area (Å²) in [5, 5.41) is 6.18. The van der Waals surface area contributed by atoms with Gasteiger partial charge in [-0.1, -0.05) is 38.5 Å². The fourth-order valence-electron chi connectivity index (χ4n) is 5.27. The highest BCUT2D eigenvalue weighted by Crippen LogP contribution is 2.33. The zero-order chi connectivity index (χ0) is 29.5. The summed E-state index contributed by atoms with van der Waals surface area (Å²) in [6.07, 6.45) is 9.03. The number of dihydropyridines is 1. The summed E-state index contributed by atoms with van der Waals surface area (Å²) in [6, 6.07) is 5.35. The summed E-state index contributed by atoms with van der Waals surface area (Å²) in [5.41, 5.74) is 5.60. The lowest BCUT2D eigenvalue weighted by molar-refractivity contribution is -0.115. The number of ether oxygens (including phenoxy) is 1. The molecule has 0 aliphatic carbocycles. The molecule has 0 spiro atoms. The van der Waals surface area contributed by atoms with E-state index in [1.165, 1.54) is 35.1 Å². The predicted molar refractivity (Wildman–Crippen MR) is 168 cm³/mol. The molecule has 220 valence electrons. The number of methoxy groups -OCH3 is 1. The summed E-state index contributed by atoms with van der Waals surface area (Å²) in [5.74, 6) is 0.876. The monoisotopic (exact) mass is 540 g/mol. The molecule has 0 aromatic heterocycles. The molecule has 0 bridgehead atoms. The lowest BCUT2D eigenvalue weighted by Gasteiger charge is -2.41. The zero-order valence-electron chi connectivity index (χ0n) is 26.5. The van der Waals surface area contributed by atoms with Gasteiger partial charge in [-0.25, -0.2) is 0 Å². The third kappa shape index (κ3) is 10.8. The van der Waals surface area contributed by atoms with Gasteiger partial charge < -0.3 is 15.4 Å². The number of carbonyl (C=O) groups is 1. The highest BCUT2D eigenvalue weighted by atomic mass is 16.5. The first-order valence-electron chi connectivity index (χ1n) is 14.8. The number of hydrogen-bond donors (Lipinski definition) is 2. The van der Waals surface area contributed by atoms with Gasteiger partial charge in [-0.3, -0.25) is 14.7 Å². The van der Waals surface area contributed by atoms with Crippen LogP contribution in [0, 0.1) is 13.8 Å². The number of unbranched alkanes of at least 4 members (excludes halogenated alkanes) is 1. The Hall–Kier alpha value is -2.60. The highest BCUT2D eigenvalue weighted by molar-refractivity contribution is 6.43. The Bertz CT molecular complexity index is 969. The van der Waals surface area contributed by atoms with E-state index in [2.05, 4.69) is 102 Å². The Morgan fingerprint density at radius 3 is 2.38 bits per heavy atom. The van der Waals surface area contributed by atoms with Crippen LogP contribution in [0.15, 0.2) is 41.6 Å². The normalized spacial score (nSPS) is 16.1. The second kappa shape index (κ2) is 17.9. The van der Waals surface area contributed by atoms with Crippen molar-refractivity contribution in [2.24, 2.45) is 4.99 Å². The van der Waals surface area contributed by atoms with Crippen molar-refractivity contribution in [2.75, 3.05) is 20.2 Å². The van der Waals surface area contributed by atoms with Crippen LogP contribution in [-0.2, 0) is 4.79 Å². The molecule has 0 radical (unpaired) electrons. The van der Waals surface area contributed by atoms with Gasteiger partial charge in [0.2, 0.25) is 0 Å². The summed E-state index contributed by atoms with van der Waals surface area (Å²) in [7, 11) is 1.73. The average molecular weight is 541 g/mol. The van der Waals surface area contributed by atoms with Gasteiger partial charge in [0.15, 0.2) is 0 Å². The molecule has 0 saturated carbocycles. The molecule has 1 aromatic rings. The summed E-state index contributed by atoms with van der Waals surface area (Å²) in [6.45, 7) is 25.0. The van der Waals surface area contributed by atoms with Crippen LogP contribution in [0.5, 0.6) is 5.75 Å². The summed E-state index contributed by atoms with van der Waals surface area (Å²) in [4.78, 5) is 19.7. The largest absolute Gasteiger partial charge is 0.496 e. The van der Waals surface area contributed by atoms with E-state index in [0.717, 1.165) is 31.6 Å². The van der Waals surface area contributed by atoms with E-state index in [9.17, 15) is 4.79 Å². The number of rotatable bonds is 14. The van der Waals surface area contributed by atoms with Crippen molar-refractivity contribution in [3.8, 4) is 5.75 Å². The molecular formula is C33H56N4O2. The molecule has 1 aliphatic heterocycles. The molecule has 1 amide bonds. The summed E-state index contributed by atoms with van der Waals surface area (Å²) >= 11 is 0. The van der Waals surface area contributed by atoms with E-state index in [-0.39, 0.29) is 18.0 Å². The van der Waals surface area contributed by atoms with Crippen molar-refractivity contribution in [2.45, 2.75) is 119 Å². The highest BCUT2D eigenvalue weighted by Gasteiger charge is 2.28. The molecular weight excluding hydrogens is 484 g/mol. The molecule has 2 N–H and O–H groups in total. The molecule has 1 heterocycles. The molecule has 0 saturated heterocycles. The number of nitrogens with zero attached hydrogens (tertiary/aromatic N) is 2. The van der Waals surface area contributed by atoms with Crippen molar-refractivity contribution < 1.29 is 9.53 Å². The quantitative estimate of drug-likeness (QED) is 0.248. The fourth-order valence-corrected chi connectivity index (χ4v) is 5.27. The molecule has 4 atom stereocenters. The Morgan fingerprint density at radius 2 is 1.82 bits per heavy atom. The molecule has 6 heteroatoms. The van der Waals surface area contributed by atoms with E-state index >= 15 is 0 Å². The number of benzene rings is 1. The smallest absolute Gasteiger partial charge is 0.269 e. The molecule has 1 aromatic carbocycles. The van der Waals surface area contributed by atoms with Gasteiger partial charge >= 0.3 is 0 Å². The Kier molecular flexibility index (Phi) is 15.8. The van der Waals surface area contributed by atoms with Crippen LogP contribution < -0.4 is 15.4 Å². The minimum atomic E-state index is -0.0616. The minimum Gasteiger partial charge on any atom is -0.496 e. The van der Waals surface area contributed by atoms with Crippen molar-refractivity contribution >= 4 is 11.6 Å². The van der Waals surface area contributed by atoms with Gasteiger partial charge in [-0.15, -0.1) is 0 Å². The van der Waals surface area contributed by atoms with Gasteiger partial charge in [-0.05, 0) is 109 Å². The third-order valence-corrected chi connectivity index (χ3v) is 7.80. The van der Waals surface area contributed by atoms with Gasteiger partial charge in [0.1, 0.15) is 11.5 Å². The minimum absolute atomic E-state index is 0.0616. The van der Waals surface area contributed by atoms with Gasteiger partial charge in [0.05, 0.1) is 7.11 Å². The Morgan fingerprint density at radius 1 is 1.13 bits per heavy atom. The van der Waals surface area contributed by atoms with Crippen LogP contribution in [0.4, 0.5) is 0 Å². The third-order valence-electron chi connectivity index (χ3n) is 7.80. The van der Waals surface area contributed by atoms with Crippen molar-refractivity contribution in [1.29, 1.82) is 0 Å². The SMILES string of the molecule is C=CNCCCC.CCC(C)N(C(C)CC(C)NC(=O)C1=NCCC(C)=C1)C(C)c1ccc(OC)c(C)c1C. The molecule has 39 heavy (non-hydrogen) atoms. The summed E-state index contributed by atoms with van der Waals surface area (Å²) < 4.78 is 5.52. The number of amides is 1. The first-order chi connectivity index (χ1) is 18.5. The van der Waals surface area contributed by atoms with Crippen molar-refractivity contribution in [3.05, 3.63) is 53.3 Å². The Balaban J connectivity index is 0.000000956. The Labute approximate surface area is 239 Å². The number of nitrogens with one attached hydrogen (secondary N) is 2. The van der Waals surface area contributed by atoms with Crippen molar-refractivity contribution in [3.63, 3.8) is 0 Å².